The van der Waals surface area contributed by atoms with Crippen molar-refractivity contribution in [2.75, 3.05) is 0 Å². The van der Waals surface area contributed by atoms with Gasteiger partial charge in [0, 0.05) is 22.4 Å². The zero-order valence-corrected chi connectivity index (χ0v) is 11.8. The van der Waals surface area contributed by atoms with Crippen LogP contribution in [0.3, 0.4) is 0 Å². The number of fused-ring (bicyclic) bond motifs is 4. The fraction of sp³-hybridized carbons (Fsp3) is 0. The van der Waals surface area contributed by atoms with E-state index in [0.717, 1.165) is 22.2 Å². The molecule has 22 heavy (non-hydrogen) atoms. The van der Waals surface area contributed by atoms with E-state index in [-0.39, 0.29) is 0 Å². The number of benzene rings is 3. The molecule has 0 radical (unpaired) electrons. The molecule has 0 aliphatic carbocycles. The van der Waals surface area contributed by atoms with Gasteiger partial charge in [-0.25, -0.2) is 4.98 Å². The lowest BCUT2D eigenvalue weighted by molar-refractivity contribution is 0.911. The molecule has 0 unspecified atom stereocenters. The monoisotopic (exact) mass is 283 g/mol. The highest BCUT2D eigenvalue weighted by Crippen LogP contribution is 2.30. The van der Waals surface area contributed by atoms with E-state index in [9.17, 15) is 0 Å². The Morgan fingerprint density at radius 3 is 2.50 bits per heavy atom. The van der Waals surface area contributed by atoms with E-state index >= 15 is 0 Å². The average Bonchev–Trinajstić information content (AvgIpc) is 3.14. The maximum atomic E-state index is 4.75. The molecule has 3 heteroatoms. The number of para-hydroxylation sites is 2. The highest BCUT2D eigenvalue weighted by atomic mass is 15.3. The van der Waals surface area contributed by atoms with Crippen molar-refractivity contribution >= 4 is 32.7 Å². The first-order valence-electron chi connectivity index (χ1n) is 7.34. The van der Waals surface area contributed by atoms with Crippen LogP contribution in [-0.2, 0) is 0 Å². The minimum atomic E-state index is 1.04. The molecule has 0 amide bonds. The summed E-state index contributed by atoms with van der Waals surface area (Å²) >= 11 is 0. The van der Waals surface area contributed by atoms with Crippen molar-refractivity contribution < 1.29 is 0 Å². The van der Waals surface area contributed by atoms with Crippen LogP contribution in [0.25, 0.3) is 38.4 Å². The number of rotatable bonds is 1. The molecule has 3 aromatic carbocycles. The van der Waals surface area contributed by atoms with Crippen LogP contribution < -0.4 is 0 Å². The molecule has 0 fully saturated rings. The van der Waals surface area contributed by atoms with Gasteiger partial charge in [-0.15, -0.1) is 0 Å². The number of hydrogen-bond acceptors (Lipinski definition) is 1. The Bertz CT molecular complexity index is 1120. The second-order valence-electron chi connectivity index (χ2n) is 5.50. The van der Waals surface area contributed by atoms with Crippen molar-refractivity contribution in [1.29, 1.82) is 0 Å². The molecule has 5 aromatic rings. The summed E-state index contributed by atoms with van der Waals surface area (Å²) in [6.45, 7) is 0. The van der Waals surface area contributed by atoms with Crippen LogP contribution in [0.5, 0.6) is 0 Å². The standard InChI is InChI=1S/C19H13N3/c1-2-6-14(7-3-1)22-19-11-18-16(10-13(19)12-20-22)15-8-4-5-9-17(15)21-18/h1-12,20H. The topological polar surface area (TPSA) is 33.6 Å². The maximum absolute atomic E-state index is 4.75. The molecule has 0 spiro atoms. The van der Waals surface area contributed by atoms with Crippen LogP contribution >= 0.6 is 0 Å². The van der Waals surface area contributed by atoms with Crippen LogP contribution in [-0.4, -0.2) is 14.8 Å². The summed E-state index contributed by atoms with van der Waals surface area (Å²) in [5.41, 5.74) is 4.35. The van der Waals surface area contributed by atoms with E-state index in [2.05, 4.69) is 52.2 Å². The van der Waals surface area contributed by atoms with Gasteiger partial charge in [0.2, 0.25) is 0 Å². The van der Waals surface area contributed by atoms with Crippen molar-refractivity contribution in [2.24, 2.45) is 0 Å². The van der Waals surface area contributed by atoms with Gasteiger partial charge in [0.05, 0.1) is 22.2 Å². The molecule has 2 heterocycles. The van der Waals surface area contributed by atoms with Gasteiger partial charge in [0.25, 0.3) is 0 Å². The Kier molecular flexibility index (Phi) is 2.22. The normalized spacial score (nSPS) is 11.6. The second-order valence-corrected chi connectivity index (χ2v) is 5.50. The van der Waals surface area contributed by atoms with E-state index in [4.69, 9.17) is 4.98 Å². The van der Waals surface area contributed by atoms with Gasteiger partial charge in [0.1, 0.15) is 0 Å². The van der Waals surface area contributed by atoms with Gasteiger partial charge in [0.15, 0.2) is 0 Å². The summed E-state index contributed by atoms with van der Waals surface area (Å²) in [6.07, 6.45) is 2.05. The van der Waals surface area contributed by atoms with Crippen molar-refractivity contribution in [3.8, 4) is 5.69 Å². The zero-order chi connectivity index (χ0) is 14.5. The number of aromatic nitrogens is 3. The molecular formula is C19H13N3. The summed E-state index contributed by atoms with van der Waals surface area (Å²) in [5.74, 6) is 0. The molecule has 0 bridgehead atoms. The van der Waals surface area contributed by atoms with Crippen molar-refractivity contribution in [1.82, 2.24) is 14.8 Å². The van der Waals surface area contributed by atoms with Crippen LogP contribution in [0, 0.1) is 0 Å². The number of hydrogen-bond donors (Lipinski definition) is 1. The van der Waals surface area contributed by atoms with Gasteiger partial charge in [-0.3, -0.25) is 4.68 Å². The average molecular weight is 283 g/mol. The second kappa shape index (κ2) is 4.21. The van der Waals surface area contributed by atoms with Crippen molar-refractivity contribution in [3.63, 3.8) is 0 Å². The third-order valence-electron chi connectivity index (χ3n) is 4.18. The molecule has 0 aliphatic rings. The summed E-state index contributed by atoms with van der Waals surface area (Å²) in [7, 11) is 0. The maximum Gasteiger partial charge on any atom is 0.0739 e. The van der Waals surface area contributed by atoms with E-state index in [1.807, 2.05) is 30.5 Å². The number of H-pyrrole nitrogens is 1. The van der Waals surface area contributed by atoms with Gasteiger partial charge in [-0.1, -0.05) is 36.4 Å². The minimum absolute atomic E-state index is 1.04. The first-order valence-corrected chi connectivity index (χ1v) is 7.34. The van der Waals surface area contributed by atoms with Crippen molar-refractivity contribution in [2.45, 2.75) is 0 Å². The molecule has 3 nitrogen and oxygen atoms in total. The smallest absolute Gasteiger partial charge is 0.0739 e. The van der Waals surface area contributed by atoms with Crippen LogP contribution in [0.15, 0.2) is 72.9 Å². The Balaban J connectivity index is 1.87. The largest absolute Gasteiger partial charge is 0.300 e. The van der Waals surface area contributed by atoms with Gasteiger partial charge < -0.3 is 5.10 Å². The third kappa shape index (κ3) is 1.53. The molecule has 0 saturated carbocycles. The van der Waals surface area contributed by atoms with E-state index < -0.39 is 0 Å². The number of nitrogens with one attached hydrogen (secondary N) is 1. The Hall–Kier alpha value is -3.07. The molecule has 5 rings (SSSR count). The third-order valence-corrected chi connectivity index (χ3v) is 4.18. The Morgan fingerprint density at radius 1 is 0.773 bits per heavy atom. The first-order chi connectivity index (χ1) is 10.9. The van der Waals surface area contributed by atoms with E-state index in [1.165, 1.54) is 16.2 Å². The van der Waals surface area contributed by atoms with Gasteiger partial charge in [-0.2, -0.15) is 0 Å². The van der Waals surface area contributed by atoms with Crippen molar-refractivity contribution in [3.05, 3.63) is 72.9 Å². The molecule has 1 N–H and O–H groups in total. The van der Waals surface area contributed by atoms with E-state index in [1.54, 1.807) is 0 Å². The molecule has 0 aliphatic heterocycles. The van der Waals surface area contributed by atoms with Gasteiger partial charge in [-0.05, 0) is 30.3 Å². The highest BCUT2D eigenvalue weighted by Gasteiger charge is 2.09. The lowest BCUT2D eigenvalue weighted by Gasteiger charge is -2.04. The first kappa shape index (κ1) is 11.6. The molecular weight excluding hydrogens is 270 g/mol. The SMILES string of the molecule is c1ccc(-n2[nH]cc3cc4c(cc32)nc2ccccc24)cc1. The quantitative estimate of drug-likeness (QED) is 0.477. The predicted molar refractivity (Wildman–Crippen MR) is 90.4 cm³/mol. The van der Waals surface area contributed by atoms with Gasteiger partial charge >= 0.3 is 0 Å². The fourth-order valence-electron chi connectivity index (χ4n) is 3.13. The lowest BCUT2D eigenvalue weighted by atomic mass is 10.1. The van der Waals surface area contributed by atoms with Crippen LogP contribution in [0.2, 0.25) is 0 Å². The lowest BCUT2D eigenvalue weighted by Crippen LogP contribution is -1.94. The Labute approximate surface area is 126 Å². The Morgan fingerprint density at radius 2 is 1.59 bits per heavy atom. The molecule has 0 atom stereocenters. The molecule has 2 aromatic heterocycles. The summed E-state index contributed by atoms with van der Waals surface area (Å²) in [5, 5.41) is 6.95. The van der Waals surface area contributed by atoms with E-state index in [0.29, 0.717) is 0 Å². The predicted octanol–water partition coefficient (Wildman–Crippen LogP) is 4.66. The highest BCUT2D eigenvalue weighted by molar-refractivity contribution is 6.11. The minimum Gasteiger partial charge on any atom is -0.300 e. The fourth-order valence-corrected chi connectivity index (χ4v) is 3.13. The summed E-state index contributed by atoms with van der Waals surface area (Å²) in [6, 6.07) is 23.0. The number of aromatic amines is 1. The number of nitrogens with zero attached hydrogens (tertiary/aromatic N) is 2. The summed E-state index contributed by atoms with van der Waals surface area (Å²) in [4.78, 5) is 4.75. The van der Waals surface area contributed by atoms with Crippen LogP contribution in [0.1, 0.15) is 0 Å². The summed E-state index contributed by atoms with van der Waals surface area (Å²) < 4.78 is 2.09. The van der Waals surface area contributed by atoms with Crippen LogP contribution in [0.4, 0.5) is 0 Å². The molecule has 104 valence electrons. The molecule has 0 saturated heterocycles. The zero-order valence-electron chi connectivity index (χ0n) is 11.8.